The van der Waals surface area contributed by atoms with Crippen LogP contribution >= 0.6 is 15.9 Å². The molecule has 0 aliphatic heterocycles. The lowest BCUT2D eigenvalue weighted by Gasteiger charge is -2.11. The molecule has 0 radical (unpaired) electrons. The SMILES string of the molecule is COc1ccccc1NC(=O)Nc1cccc(Br)c1. The molecular weight excluding hydrogens is 308 g/mol. The van der Waals surface area contributed by atoms with Gasteiger partial charge in [-0.2, -0.15) is 0 Å². The molecule has 2 rings (SSSR count). The lowest BCUT2D eigenvalue weighted by atomic mass is 10.3. The Labute approximate surface area is 119 Å². The molecule has 0 aliphatic carbocycles. The van der Waals surface area contributed by atoms with Gasteiger partial charge in [0.1, 0.15) is 5.75 Å². The maximum absolute atomic E-state index is 11.9. The number of carbonyl (C=O) groups is 1. The minimum Gasteiger partial charge on any atom is -0.495 e. The van der Waals surface area contributed by atoms with E-state index >= 15 is 0 Å². The minimum atomic E-state index is -0.317. The first-order chi connectivity index (χ1) is 9.19. The van der Waals surface area contributed by atoms with E-state index < -0.39 is 0 Å². The Morgan fingerprint density at radius 3 is 2.63 bits per heavy atom. The van der Waals surface area contributed by atoms with Crippen LogP contribution in [0, 0.1) is 0 Å². The summed E-state index contributed by atoms with van der Waals surface area (Å²) >= 11 is 3.35. The Balaban J connectivity index is 2.05. The van der Waals surface area contributed by atoms with Crippen molar-refractivity contribution in [3.63, 3.8) is 0 Å². The van der Waals surface area contributed by atoms with Gasteiger partial charge in [0.25, 0.3) is 0 Å². The molecule has 4 nitrogen and oxygen atoms in total. The van der Waals surface area contributed by atoms with Crippen LogP contribution in [0.2, 0.25) is 0 Å². The standard InChI is InChI=1S/C14H13BrN2O2/c1-19-13-8-3-2-7-12(13)17-14(18)16-11-6-4-5-10(15)9-11/h2-9H,1H3,(H2,16,17,18). The zero-order valence-corrected chi connectivity index (χ0v) is 11.9. The number of carbonyl (C=O) groups excluding carboxylic acids is 1. The smallest absolute Gasteiger partial charge is 0.323 e. The number of ether oxygens (including phenoxy) is 1. The largest absolute Gasteiger partial charge is 0.495 e. The molecule has 19 heavy (non-hydrogen) atoms. The van der Waals surface area contributed by atoms with Gasteiger partial charge < -0.3 is 15.4 Å². The number of amides is 2. The Hall–Kier alpha value is -2.01. The fourth-order valence-electron chi connectivity index (χ4n) is 1.60. The van der Waals surface area contributed by atoms with Crippen molar-refractivity contribution in [1.29, 1.82) is 0 Å². The molecule has 0 unspecified atom stereocenters. The normalized spacial score (nSPS) is 9.79. The average molecular weight is 321 g/mol. The molecular formula is C14H13BrN2O2. The zero-order valence-electron chi connectivity index (χ0n) is 10.3. The first-order valence-electron chi connectivity index (χ1n) is 5.65. The van der Waals surface area contributed by atoms with Crippen LogP contribution in [0.15, 0.2) is 53.0 Å². The Bertz CT molecular complexity index is 587. The van der Waals surface area contributed by atoms with E-state index in [-0.39, 0.29) is 6.03 Å². The number of benzene rings is 2. The molecule has 0 fully saturated rings. The van der Waals surface area contributed by atoms with Gasteiger partial charge in [-0.3, -0.25) is 0 Å². The second-order valence-corrected chi connectivity index (χ2v) is 4.71. The molecule has 2 aromatic rings. The highest BCUT2D eigenvalue weighted by molar-refractivity contribution is 9.10. The number of methoxy groups -OCH3 is 1. The van der Waals surface area contributed by atoms with Crippen LogP contribution < -0.4 is 15.4 Å². The molecule has 2 amide bonds. The van der Waals surface area contributed by atoms with E-state index in [0.717, 1.165) is 4.47 Å². The molecule has 0 bridgehead atoms. The molecule has 2 aromatic carbocycles. The fraction of sp³-hybridized carbons (Fsp3) is 0.0714. The maximum atomic E-state index is 11.9. The topological polar surface area (TPSA) is 50.4 Å². The van der Waals surface area contributed by atoms with Crippen LogP contribution in [-0.2, 0) is 0 Å². The van der Waals surface area contributed by atoms with E-state index in [1.165, 1.54) is 0 Å². The molecule has 0 atom stereocenters. The van der Waals surface area contributed by atoms with Crippen LogP contribution in [0.5, 0.6) is 5.75 Å². The van der Waals surface area contributed by atoms with Crippen molar-refractivity contribution in [3.8, 4) is 5.75 Å². The third kappa shape index (κ3) is 3.72. The van der Waals surface area contributed by atoms with Crippen LogP contribution in [-0.4, -0.2) is 13.1 Å². The number of hydrogen-bond donors (Lipinski definition) is 2. The Kier molecular flexibility index (Phi) is 4.41. The van der Waals surface area contributed by atoms with Crippen molar-refractivity contribution >= 4 is 33.3 Å². The summed E-state index contributed by atoms with van der Waals surface area (Å²) in [6.07, 6.45) is 0. The number of hydrogen-bond acceptors (Lipinski definition) is 2. The second-order valence-electron chi connectivity index (χ2n) is 3.79. The number of anilines is 2. The van der Waals surface area contributed by atoms with Crippen molar-refractivity contribution in [2.24, 2.45) is 0 Å². The molecule has 98 valence electrons. The predicted molar refractivity (Wildman–Crippen MR) is 79.8 cm³/mol. The number of nitrogens with one attached hydrogen (secondary N) is 2. The third-order valence-electron chi connectivity index (χ3n) is 2.44. The van der Waals surface area contributed by atoms with Gasteiger partial charge in [-0.05, 0) is 30.3 Å². The van der Waals surface area contributed by atoms with Gasteiger partial charge in [0, 0.05) is 10.2 Å². The summed E-state index contributed by atoms with van der Waals surface area (Å²) in [4.78, 5) is 11.9. The lowest BCUT2D eigenvalue weighted by molar-refractivity contribution is 0.262. The van der Waals surface area contributed by atoms with Crippen molar-refractivity contribution in [3.05, 3.63) is 53.0 Å². The number of rotatable bonds is 3. The summed E-state index contributed by atoms with van der Waals surface area (Å²) < 4.78 is 6.07. The first kappa shape index (κ1) is 13.4. The summed E-state index contributed by atoms with van der Waals surface area (Å²) in [5, 5.41) is 5.49. The van der Waals surface area contributed by atoms with Gasteiger partial charge in [-0.1, -0.05) is 34.1 Å². The van der Waals surface area contributed by atoms with Crippen LogP contribution in [0.3, 0.4) is 0 Å². The highest BCUT2D eigenvalue weighted by Crippen LogP contribution is 2.23. The molecule has 5 heteroatoms. The summed E-state index contributed by atoms with van der Waals surface area (Å²) in [6.45, 7) is 0. The highest BCUT2D eigenvalue weighted by atomic mass is 79.9. The van der Waals surface area contributed by atoms with Gasteiger partial charge in [-0.25, -0.2) is 4.79 Å². The predicted octanol–water partition coefficient (Wildman–Crippen LogP) is 4.10. The van der Waals surface area contributed by atoms with E-state index in [9.17, 15) is 4.79 Å². The lowest BCUT2D eigenvalue weighted by Crippen LogP contribution is -2.19. The van der Waals surface area contributed by atoms with E-state index in [4.69, 9.17) is 4.74 Å². The molecule has 0 aromatic heterocycles. The van der Waals surface area contributed by atoms with E-state index in [2.05, 4.69) is 26.6 Å². The molecule has 0 saturated heterocycles. The van der Waals surface area contributed by atoms with E-state index in [0.29, 0.717) is 17.1 Å². The molecule has 0 saturated carbocycles. The Morgan fingerprint density at radius 1 is 1.11 bits per heavy atom. The highest BCUT2D eigenvalue weighted by Gasteiger charge is 2.06. The summed E-state index contributed by atoms with van der Waals surface area (Å²) in [7, 11) is 1.56. The van der Waals surface area contributed by atoms with Gasteiger partial charge in [0.2, 0.25) is 0 Å². The van der Waals surface area contributed by atoms with Gasteiger partial charge in [0.05, 0.1) is 12.8 Å². The quantitative estimate of drug-likeness (QED) is 0.894. The number of halogens is 1. The monoisotopic (exact) mass is 320 g/mol. The summed E-state index contributed by atoms with van der Waals surface area (Å²) in [5.41, 5.74) is 1.33. The summed E-state index contributed by atoms with van der Waals surface area (Å²) in [5.74, 6) is 0.617. The van der Waals surface area contributed by atoms with Crippen molar-refractivity contribution in [1.82, 2.24) is 0 Å². The second kappa shape index (κ2) is 6.24. The van der Waals surface area contributed by atoms with E-state index in [1.54, 1.807) is 19.2 Å². The van der Waals surface area contributed by atoms with Crippen LogP contribution in [0.25, 0.3) is 0 Å². The van der Waals surface area contributed by atoms with Gasteiger partial charge in [0.15, 0.2) is 0 Å². The third-order valence-corrected chi connectivity index (χ3v) is 2.93. The minimum absolute atomic E-state index is 0.317. The molecule has 0 heterocycles. The molecule has 0 spiro atoms. The van der Waals surface area contributed by atoms with Crippen molar-refractivity contribution in [2.75, 3.05) is 17.7 Å². The van der Waals surface area contributed by atoms with Gasteiger partial charge in [-0.15, -0.1) is 0 Å². The maximum Gasteiger partial charge on any atom is 0.323 e. The fourth-order valence-corrected chi connectivity index (χ4v) is 2.00. The molecule has 2 N–H and O–H groups in total. The Morgan fingerprint density at radius 2 is 1.89 bits per heavy atom. The van der Waals surface area contributed by atoms with Crippen LogP contribution in [0.1, 0.15) is 0 Å². The van der Waals surface area contributed by atoms with Gasteiger partial charge >= 0.3 is 6.03 Å². The van der Waals surface area contributed by atoms with E-state index in [1.807, 2.05) is 36.4 Å². The van der Waals surface area contributed by atoms with Crippen LogP contribution in [0.4, 0.5) is 16.2 Å². The number of urea groups is 1. The number of para-hydroxylation sites is 2. The summed E-state index contributed by atoms with van der Waals surface area (Å²) in [6, 6.07) is 14.3. The average Bonchev–Trinajstić information content (AvgIpc) is 2.39. The molecule has 0 aliphatic rings. The van der Waals surface area contributed by atoms with Crippen molar-refractivity contribution in [2.45, 2.75) is 0 Å². The first-order valence-corrected chi connectivity index (χ1v) is 6.45. The zero-order chi connectivity index (χ0) is 13.7. The van der Waals surface area contributed by atoms with Crippen molar-refractivity contribution < 1.29 is 9.53 Å².